The SMILES string of the molecule is Cc1c([N+](=O)[O-])c(OCCCn2ccc(Cl)n2)nn1C1CC(Cl)OC(C)(C)C1. The minimum atomic E-state index is -0.471. The molecule has 0 bridgehead atoms. The van der Waals surface area contributed by atoms with Gasteiger partial charge in [-0.05, 0) is 33.3 Å². The number of aromatic nitrogens is 4. The maximum atomic E-state index is 11.6. The summed E-state index contributed by atoms with van der Waals surface area (Å²) < 4.78 is 14.7. The van der Waals surface area contributed by atoms with Gasteiger partial charge in [-0.1, -0.05) is 23.2 Å². The van der Waals surface area contributed by atoms with Crippen molar-refractivity contribution in [3.63, 3.8) is 0 Å². The predicted molar refractivity (Wildman–Crippen MR) is 104 cm³/mol. The van der Waals surface area contributed by atoms with E-state index in [0.717, 1.165) is 0 Å². The maximum absolute atomic E-state index is 11.6. The van der Waals surface area contributed by atoms with Crippen LogP contribution in [0.4, 0.5) is 5.69 Å². The quantitative estimate of drug-likeness (QED) is 0.283. The summed E-state index contributed by atoms with van der Waals surface area (Å²) >= 11 is 12.0. The smallest absolute Gasteiger partial charge is 0.352 e. The van der Waals surface area contributed by atoms with Crippen LogP contribution in [0.1, 0.15) is 44.8 Å². The first kappa shape index (κ1) is 20.9. The average Bonchev–Trinajstić information content (AvgIpc) is 3.13. The average molecular weight is 432 g/mol. The molecule has 3 rings (SSSR count). The highest BCUT2D eigenvalue weighted by atomic mass is 35.5. The van der Waals surface area contributed by atoms with Crippen molar-refractivity contribution < 1.29 is 14.4 Å². The molecule has 28 heavy (non-hydrogen) atoms. The lowest BCUT2D eigenvalue weighted by Gasteiger charge is -2.38. The summed E-state index contributed by atoms with van der Waals surface area (Å²) in [5.74, 6) is 0.0245. The van der Waals surface area contributed by atoms with E-state index in [9.17, 15) is 10.1 Å². The van der Waals surface area contributed by atoms with E-state index in [4.69, 9.17) is 32.7 Å². The van der Waals surface area contributed by atoms with Crippen molar-refractivity contribution in [2.75, 3.05) is 6.61 Å². The van der Waals surface area contributed by atoms with Crippen LogP contribution in [0, 0.1) is 17.0 Å². The molecule has 154 valence electrons. The van der Waals surface area contributed by atoms with Crippen LogP contribution in [0.5, 0.6) is 5.88 Å². The second kappa shape index (κ2) is 8.26. The molecular weight excluding hydrogens is 409 g/mol. The molecule has 0 aliphatic carbocycles. The van der Waals surface area contributed by atoms with Gasteiger partial charge in [-0.15, -0.1) is 5.10 Å². The predicted octanol–water partition coefficient (Wildman–Crippen LogP) is 4.11. The van der Waals surface area contributed by atoms with Gasteiger partial charge in [-0.25, -0.2) is 0 Å². The fourth-order valence-corrected chi connectivity index (χ4v) is 4.10. The van der Waals surface area contributed by atoms with Crippen LogP contribution in [-0.4, -0.2) is 42.3 Å². The maximum Gasteiger partial charge on any atom is 0.352 e. The van der Waals surface area contributed by atoms with Gasteiger partial charge >= 0.3 is 11.6 Å². The van der Waals surface area contributed by atoms with Crippen molar-refractivity contribution in [3.05, 3.63) is 33.2 Å². The Bertz CT molecular complexity index is 851. The highest BCUT2D eigenvalue weighted by molar-refractivity contribution is 6.29. The second-order valence-electron chi connectivity index (χ2n) is 7.43. The number of rotatable bonds is 7. The summed E-state index contributed by atoms with van der Waals surface area (Å²) in [6.07, 6.45) is 3.54. The normalized spacial score (nSPS) is 21.6. The zero-order chi connectivity index (χ0) is 20.5. The number of aryl methyl sites for hydroxylation is 1. The standard InChI is InChI=1S/C17H23Cl2N5O4/c1-11-15(24(25)26)16(27-8-4-6-22-7-5-13(18)20-22)21-23(11)12-9-14(19)28-17(2,3)10-12/h5,7,12,14H,4,6,8-10H2,1-3H3. The van der Waals surface area contributed by atoms with Gasteiger partial charge in [0.15, 0.2) is 5.15 Å². The molecular formula is C17H23Cl2N5O4. The zero-order valence-electron chi connectivity index (χ0n) is 16.0. The molecule has 2 aromatic heterocycles. The molecule has 11 heteroatoms. The fourth-order valence-electron chi connectivity index (χ4n) is 3.50. The van der Waals surface area contributed by atoms with Crippen molar-refractivity contribution in [3.8, 4) is 5.88 Å². The third-order valence-electron chi connectivity index (χ3n) is 4.63. The minimum Gasteiger partial charge on any atom is -0.472 e. The first-order valence-electron chi connectivity index (χ1n) is 9.03. The molecule has 1 fully saturated rings. The highest BCUT2D eigenvalue weighted by Crippen LogP contribution is 2.40. The number of hydrogen-bond donors (Lipinski definition) is 0. The summed E-state index contributed by atoms with van der Waals surface area (Å²) in [4.78, 5) is 11.1. The number of nitrogens with zero attached hydrogens (tertiary/aromatic N) is 5. The lowest BCUT2D eigenvalue weighted by molar-refractivity contribution is -0.386. The van der Waals surface area contributed by atoms with E-state index in [1.165, 1.54) is 0 Å². The fraction of sp³-hybridized carbons (Fsp3) is 0.647. The van der Waals surface area contributed by atoms with E-state index in [0.29, 0.717) is 36.7 Å². The Labute approximate surface area is 172 Å². The van der Waals surface area contributed by atoms with Crippen LogP contribution in [0.3, 0.4) is 0 Å². The Morgan fingerprint density at radius 1 is 1.46 bits per heavy atom. The van der Waals surface area contributed by atoms with Crippen LogP contribution >= 0.6 is 23.2 Å². The molecule has 0 aromatic carbocycles. The lowest BCUT2D eigenvalue weighted by atomic mass is 9.94. The summed E-state index contributed by atoms with van der Waals surface area (Å²) in [6.45, 7) is 6.42. The van der Waals surface area contributed by atoms with E-state index in [1.807, 2.05) is 13.8 Å². The van der Waals surface area contributed by atoms with Crippen molar-refractivity contribution in [2.45, 2.75) is 63.8 Å². The third-order valence-corrected chi connectivity index (χ3v) is 5.09. The Kier molecular flexibility index (Phi) is 6.16. The van der Waals surface area contributed by atoms with Gasteiger partial charge < -0.3 is 9.47 Å². The van der Waals surface area contributed by atoms with Gasteiger partial charge in [0.25, 0.3) is 0 Å². The second-order valence-corrected chi connectivity index (χ2v) is 8.30. The van der Waals surface area contributed by atoms with Crippen LogP contribution in [0.15, 0.2) is 12.3 Å². The molecule has 2 atom stereocenters. The van der Waals surface area contributed by atoms with Crippen molar-refractivity contribution >= 4 is 28.9 Å². The number of nitro groups is 1. The molecule has 2 aromatic rings. The first-order valence-corrected chi connectivity index (χ1v) is 9.85. The highest BCUT2D eigenvalue weighted by Gasteiger charge is 2.38. The number of hydrogen-bond acceptors (Lipinski definition) is 6. The van der Waals surface area contributed by atoms with E-state index >= 15 is 0 Å². The first-order chi connectivity index (χ1) is 13.2. The molecule has 1 saturated heterocycles. The summed E-state index contributed by atoms with van der Waals surface area (Å²) in [7, 11) is 0. The minimum absolute atomic E-state index is 0.0245. The van der Waals surface area contributed by atoms with Crippen molar-refractivity contribution in [1.82, 2.24) is 19.6 Å². The molecule has 1 aliphatic heterocycles. The Hall–Kier alpha value is -1.84. The number of alkyl halides is 1. The van der Waals surface area contributed by atoms with E-state index < -0.39 is 16.1 Å². The molecule has 0 N–H and O–H groups in total. The monoisotopic (exact) mass is 431 g/mol. The topological polar surface area (TPSA) is 97.2 Å². The van der Waals surface area contributed by atoms with Gasteiger partial charge in [0.2, 0.25) is 0 Å². The number of halogens is 2. The summed E-state index contributed by atoms with van der Waals surface area (Å²) in [5, 5.41) is 20.5. The van der Waals surface area contributed by atoms with E-state index in [1.54, 1.807) is 28.6 Å². The van der Waals surface area contributed by atoms with Crippen molar-refractivity contribution in [1.29, 1.82) is 0 Å². The zero-order valence-corrected chi connectivity index (χ0v) is 17.5. The van der Waals surface area contributed by atoms with Crippen LogP contribution in [0.2, 0.25) is 5.15 Å². The molecule has 3 heterocycles. The Morgan fingerprint density at radius 3 is 2.82 bits per heavy atom. The van der Waals surface area contributed by atoms with E-state index in [-0.39, 0.29) is 24.2 Å². The number of ether oxygens (including phenoxy) is 2. The lowest BCUT2D eigenvalue weighted by Crippen LogP contribution is -2.38. The van der Waals surface area contributed by atoms with Crippen molar-refractivity contribution in [2.24, 2.45) is 0 Å². The molecule has 0 saturated carbocycles. The van der Waals surface area contributed by atoms with Gasteiger partial charge in [0, 0.05) is 25.6 Å². The third kappa shape index (κ3) is 4.76. The van der Waals surface area contributed by atoms with Gasteiger partial charge in [-0.3, -0.25) is 19.5 Å². The molecule has 0 radical (unpaired) electrons. The van der Waals surface area contributed by atoms with Gasteiger partial charge in [-0.2, -0.15) is 5.10 Å². The molecule has 0 amide bonds. The molecule has 9 nitrogen and oxygen atoms in total. The van der Waals surface area contributed by atoms with Crippen LogP contribution in [0.25, 0.3) is 0 Å². The molecule has 0 spiro atoms. The molecule has 1 aliphatic rings. The molecule has 2 unspecified atom stereocenters. The Morgan fingerprint density at radius 2 is 2.21 bits per heavy atom. The van der Waals surface area contributed by atoms with Crippen LogP contribution < -0.4 is 4.74 Å². The summed E-state index contributed by atoms with van der Waals surface area (Å²) in [5.41, 5.74) is -0.571. The van der Waals surface area contributed by atoms with Gasteiger partial charge in [0.05, 0.1) is 23.2 Å². The summed E-state index contributed by atoms with van der Waals surface area (Å²) in [6, 6.07) is 1.59. The van der Waals surface area contributed by atoms with E-state index in [2.05, 4.69) is 10.2 Å². The Balaban J connectivity index is 1.72. The van der Waals surface area contributed by atoms with Gasteiger partial charge in [0.1, 0.15) is 11.3 Å². The largest absolute Gasteiger partial charge is 0.472 e. The van der Waals surface area contributed by atoms with Crippen LogP contribution in [-0.2, 0) is 11.3 Å².